The second-order valence-corrected chi connectivity index (χ2v) is 4.59. The molecule has 0 aliphatic carbocycles. The van der Waals surface area contributed by atoms with Gasteiger partial charge < -0.3 is 4.74 Å². The number of hydrogen-bond donors (Lipinski definition) is 0. The molecule has 0 bridgehead atoms. The van der Waals surface area contributed by atoms with Crippen LogP contribution in [-0.4, -0.2) is 11.4 Å². The number of carbonyl (C=O) groups is 1. The van der Waals surface area contributed by atoms with Gasteiger partial charge in [0.05, 0.1) is 11.6 Å². The monoisotopic (exact) mass is 239 g/mol. The van der Waals surface area contributed by atoms with Crippen LogP contribution >= 0.6 is 0 Å². The summed E-state index contributed by atoms with van der Waals surface area (Å²) in [6, 6.07) is 9.31. The molecule has 1 aliphatic heterocycles. The van der Waals surface area contributed by atoms with Crippen molar-refractivity contribution in [3.63, 3.8) is 0 Å². The van der Waals surface area contributed by atoms with E-state index in [1.165, 1.54) is 6.08 Å². The lowest BCUT2D eigenvalue weighted by Crippen LogP contribution is -2.27. The zero-order valence-corrected chi connectivity index (χ0v) is 10.3. The molecule has 0 N–H and O–H groups in total. The van der Waals surface area contributed by atoms with Crippen molar-refractivity contribution in [2.24, 2.45) is 0 Å². The van der Waals surface area contributed by atoms with Crippen LogP contribution in [-0.2, 0) is 9.53 Å². The Labute approximate surface area is 106 Å². The summed E-state index contributed by atoms with van der Waals surface area (Å²) in [6.45, 7) is 3.48. The molecule has 0 fully saturated rings. The van der Waals surface area contributed by atoms with Gasteiger partial charge >= 0.3 is 0 Å². The van der Waals surface area contributed by atoms with E-state index in [9.17, 15) is 4.79 Å². The number of hydrogen-bond acceptors (Lipinski definition) is 3. The van der Waals surface area contributed by atoms with E-state index in [1.54, 1.807) is 32.1 Å². The standard InChI is InChI=1S/C15H13NO2/c1-15(2)14(17)9-13(18-15)7-6-11-4-3-5-12(8-11)10-16/h3-9H,1-2H3. The molecule has 0 radical (unpaired) electrons. The van der Waals surface area contributed by atoms with Gasteiger partial charge in [0.2, 0.25) is 5.78 Å². The van der Waals surface area contributed by atoms with Crippen LogP contribution in [0.25, 0.3) is 6.08 Å². The van der Waals surface area contributed by atoms with Crippen molar-refractivity contribution in [2.45, 2.75) is 19.4 Å². The minimum Gasteiger partial charge on any atom is -0.480 e. The van der Waals surface area contributed by atoms with Gasteiger partial charge in [-0.25, -0.2) is 0 Å². The first kappa shape index (κ1) is 12.1. The molecule has 3 heteroatoms. The minimum atomic E-state index is -0.770. The molecule has 1 heterocycles. The van der Waals surface area contributed by atoms with Gasteiger partial charge in [0.15, 0.2) is 5.60 Å². The predicted octanol–water partition coefficient (Wildman–Crippen LogP) is 2.83. The fourth-order valence-corrected chi connectivity index (χ4v) is 1.65. The Kier molecular flexibility index (Phi) is 3.03. The molecule has 0 saturated carbocycles. The number of rotatable bonds is 2. The molecule has 1 aromatic carbocycles. The summed E-state index contributed by atoms with van der Waals surface area (Å²) < 4.78 is 5.50. The second-order valence-electron chi connectivity index (χ2n) is 4.59. The van der Waals surface area contributed by atoms with Crippen LogP contribution in [0.15, 0.2) is 42.2 Å². The molecule has 2 rings (SSSR count). The molecular formula is C15H13NO2. The largest absolute Gasteiger partial charge is 0.480 e. The van der Waals surface area contributed by atoms with Gasteiger partial charge in [-0.2, -0.15) is 5.26 Å². The summed E-state index contributed by atoms with van der Waals surface area (Å²) in [4.78, 5) is 11.5. The fraction of sp³-hybridized carbons (Fsp3) is 0.200. The Hall–Kier alpha value is -2.34. The summed E-state index contributed by atoms with van der Waals surface area (Å²) in [5.74, 6) is 0.514. The molecule has 0 atom stereocenters. The van der Waals surface area contributed by atoms with Gasteiger partial charge in [0, 0.05) is 6.08 Å². The van der Waals surface area contributed by atoms with E-state index in [4.69, 9.17) is 10.00 Å². The molecule has 0 unspecified atom stereocenters. The lowest BCUT2D eigenvalue weighted by molar-refractivity contribution is -0.126. The van der Waals surface area contributed by atoms with Crippen molar-refractivity contribution in [3.05, 3.63) is 53.3 Å². The van der Waals surface area contributed by atoms with Crippen LogP contribution in [0.3, 0.4) is 0 Å². The van der Waals surface area contributed by atoms with Crippen LogP contribution in [0.2, 0.25) is 0 Å². The topological polar surface area (TPSA) is 50.1 Å². The van der Waals surface area contributed by atoms with E-state index >= 15 is 0 Å². The molecule has 0 aromatic heterocycles. The van der Waals surface area contributed by atoms with Crippen LogP contribution in [0.4, 0.5) is 0 Å². The highest BCUT2D eigenvalue weighted by molar-refractivity contribution is 5.99. The number of carbonyl (C=O) groups excluding carboxylic acids is 1. The van der Waals surface area contributed by atoms with Gasteiger partial charge in [0.1, 0.15) is 5.76 Å². The molecule has 18 heavy (non-hydrogen) atoms. The van der Waals surface area contributed by atoms with Gasteiger partial charge in [-0.05, 0) is 37.6 Å². The summed E-state index contributed by atoms with van der Waals surface area (Å²) in [5, 5.41) is 8.79. The fourth-order valence-electron chi connectivity index (χ4n) is 1.65. The highest BCUT2D eigenvalue weighted by atomic mass is 16.5. The first-order chi connectivity index (χ1) is 8.51. The lowest BCUT2D eigenvalue weighted by atomic mass is 10.1. The predicted molar refractivity (Wildman–Crippen MR) is 68.4 cm³/mol. The zero-order chi connectivity index (χ0) is 13.2. The van der Waals surface area contributed by atoms with E-state index in [0.717, 1.165) is 5.56 Å². The highest BCUT2D eigenvalue weighted by Crippen LogP contribution is 2.25. The second kappa shape index (κ2) is 4.50. The maximum absolute atomic E-state index is 11.5. The number of allylic oxidation sites excluding steroid dienone is 1. The molecule has 3 nitrogen and oxygen atoms in total. The first-order valence-electron chi connectivity index (χ1n) is 5.65. The molecule has 0 saturated heterocycles. The minimum absolute atomic E-state index is 0.0343. The van der Waals surface area contributed by atoms with E-state index in [-0.39, 0.29) is 5.78 Å². The number of benzene rings is 1. The smallest absolute Gasteiger partial charge is 0.202 e. The Morgan fingerprint density at radius 3 is 2.72 bits per heavy atom. The maximum Gasteiger partial charge on any atom is 0.202 e. The van der Waals surface area contributed by atoms with Crippen molar-refractivity contribution >= 4 is 11.9 Å². The normalized spacial score (nSPS) is 17.4. The van der Waals surface area contributed by atoms with Crippen molar-refractivity contribution < 1.29 is 9.53 Å². The molecule has 0 spiro atoms. The van der Waals surface area contributed by atoms with E-state index in [1.807, 2.05) is 18.2 Å². The van der Waals surface area contributed by atoms with E-state index < -0.39 is 5.60 Å². The Morgan fingerprint density at radius 1 is 1.33 bits per heavy atom. The SMILES string of the molecule is CC1(C)OC(C=Cc2cccc(C#N)c2)=CC1=O. The van der Waals surface area contributed by atoms with Crippen LogP contribution in [0.5, 0.6) is 0 Å². The average Bonchev–Trinajstić information content (AvgIpc) is 2.61. The lowest BCUT2D eigenvalue weighted by Gasteiger charge is -2.16. The number of ether oxygens (including phenoxy) is 1. The Bertz CT molecular complexity index is 589. The zero-order valence-electron chi connectivity index (χ0n) is 10.3. The molecular weight excluding hydrogens is 226 g/mol. The first-order valence-corrected chi connectivity index (χ1v) is 5.65. The van der Waals surface area contributed by atoms with Crippen molar-refractivity contribution in [3.8, 4) is 6.07 Å². The van der Waals surface area contributed by atoms with Crippen LogP contribution in [0, 0.1) is 11.3 Å². The van der Waals surface area contributed by atoms with Gasteiger partial charge in [-0.15, -0.1) is 0 Å². The summed E-state index contributed by atoms with van der Waals surface area (Å²) in [6.07, 6.45) is 5.05. The van der Waals surface area contributed by atoms with E-state index in [2.05, 4.69) is 6.07 Å². The average molecular weight is 239 g/mol. The quantitative estimate of drug-likeness (QED) is 0.797. The van der Waals surface area contributed by atoms with Crippen molar-refractivity contribution in [1.82, 2.24) is 0 Å². The highest BCUT2D eigenvalue weighted by Gasteiger charge is 2.33. The van der Waals surface area contributed by atoms with Crippen molar-refractivity contribution in [2.75, 3.05) is 0 Å². The molecule has 90 valence electrons. The van der Waals surface area contributed by atoms with Gasteiger partial charge in [0.25, 0.3) is 0 Å². The summed E-state index contributed by atoms with van der Waals surface area (Å²) in [7, 11) is 0. The number of nitriles is 1. The summed E-state index contributed by atoms with van der Waals surface area (Å²) in [5.41, 5.74) is 0.736. The third kappa shape index (κ3) is 2.49. The Morgan fingerprint density at radius 2 is 2.11 bits per heavy atom. The van der Waals surface area contributed by atoms with Crippen LogP contribution < -0.4 is 0 Å². The molecule has 1 aromatic rings. The molecule has 1 aliphatic rings. The third-order valence-corrected chi connectivity index (χ3v) is 2.70. The number of nitrogens with zero attached hydrogens (tertiary/aromatic N) is 1. The maximum atomic E-state index is 11.5. The van der Waals surface area contributed by atoms with Crippen molar-refractivity contribution in [1.29, 1.82) is 5.26 Å². The van der Waals surface area contributed by atoms with Gasteiger partial charge in [-0.1, -0.05) is 18.2 Å². The van der Waals surface area contributed by atoms with Crippen LogP contribution in [0.1, 0.15) is 25.0 Å². The van der Waals surface area contributed by atoms with E-state index in [0.29, 0.717) is 11.3 Å². The Balaban J connectivity index is 2.16. The number of ketones is 1. The van der Waals surface area contributed by atoms with Gasteiger partial charge in [-0.3, -0.25) is 4.79 Å². The third-order valence-electron chi connectivity index (χ3n) is 2.70. The molecule has 0 amide bonds. The summed E-state index contributed by atoms with van der Waals surface area (Å²) >= 11 is 0.